The summed E-state index contributed by atoms with van der Waals surface area (Å²) in [6.07, 6.45) is -0.934. The molecule has 0 radical (unpaired) electrons. The Kier molecular flexibility index (Phi) is 6.27. The van der Waals surface area contributed by atoms with Crippen LogP contribution in [0.3, 0.4) is 0 Å². The largest absolute Gasteiger partial charge is 0.493 e. The van der Waals surface area contributed by atoms with Crippen LogP contribution in [-0.2, 0) is 4.74 Å². The number of esters is 1. The van der Waals surface area contributed by atoms with Gasteiger partial charge in [0.2, 0.25) is 5.78 Å². The summed E-state index contributed by atoms with van der Waals surface area (Å²) >= 11 is 6.11. The number of Topliss-reactive ketones (excluding diaryl/α,β-unsaturated/α-hetero) is 1. The highest BCUT2D eigenvalue weighted by molar-refractivity contribution is 6.32. The zero-order valence-electron chi connectivity index (χ0n) is 15.4. The summed E-state index contributed by atoms with van der Waals surface area (Å²) in [5.74, 6) is -0.310. The first-order chi connectivity index (χ1) is 12.3. The molecule has 2 aromatic rings. The van der Waals surface area contributed by atoms with E-state index >= 15 is 0 Å². The second kappa shape index (κ2) is 8.23. The maximum Gasteiger partial charge on any atom is 0.339 e. The minimum atomic E-state index is -0.934. The van der Waals surface area contributed by atoms with Crippen molar-refractivity contribution < 1.29 is 23.8 Å². The van der Waals surface area contributed by atoms with E-state index in [2.05, 4.69) is 0 Å². The van der Waals surface area contributed by atoms with Crippen LogP contribution >= 0.6 is 11.6 Å². The number of hydrogen-bond acceptors (Lipinski definition) is 5. The molecule has 0 bridgehead atoms. The fraction of sp³-hybridized carbons (Fsp3) is 0.300. The zero-order chi connectivity index (χ0) is 19.4. The smallest absolute Gasteiger partial charge is 0.339 e. The van der Waals surface area contributed by atoms with Crippen LogP contribution < -0.4 is 9.47 Å². The second-order valence-corrected chi connectivity index (χ2v) is 6.31. The molecular weight excluding hydrogens is 356 g/mol. The molecule has 0 saturated carbocycles. The SMILES string of the molecule is COc1cc(C(=O)OC(C)C(=O)c2ccc(C)c(C)c2)cc(Cl)c1OC. The standard InChI is InChI=1S/C20H21ClO5/c1-11-6-7-14(8-12(11)2)18(22)13(3)26-20(23)15-9-16(21)19(25-5)17(10-15)24-4/h6-10,13H,1-5H3. The number of benzene rings is 2. The maximum absolute atomic E-state index is 12.5. The molecular formula is C20H21ClO5. The molecule has 1 atom stereocenters. The number of ether oxygens (including phenoxy) is 3. The van der Waals surface area contributed by atoms with Gasteiger partial charge in [0.15, 0.2) is 17.6 Å². The third-order valence-corrected chi connectivity index (χ3v) is 4.39. The van der Waals surface area contributed by atoms with Crippen LogP contribution in [0, 0.1) is 13.8 Å². The van der Waals surface area contributed by atoms with Gasteiger partial charge in [-0.25, -0.2) is 4.79 Å². The van der Waals surface area contributed by atoms with E-state index in [1.54, 1.807) is 12.1 Å². The van der Waals surface area contributed by atoms with Crippen molar-refractivity contribution >= 4 is 23.4 Å². The van der Waals surface area contributed by atoms with Crippen molar-refractivity contribution in [1.29, 1.82) is 0 Å². The van der Waals surface area contributed by atoms with Crippen LogP contribution in [0.2, 0.25) is 5.02 Å². The minimum absolute atomic E-state index is 0.174. The summed E-state index contributed by atoms with van der Waals surface area (Å²) < 4.78 is 15.6. The van der Waals surface area contributed by atoms with E-state index in [4.69, 9.17) is 25.8 Å². The van der Waals surface area contributed by atoms with Gasteiger partial charge in [-0.2, -0.15) is 0 Å². The summed E-state index contributed by atoms with van der Waals surface area (Å²) in [7, 11) is 2.89. The lowest BCUT2D eigenvalue weighted by Gasteiger charge is -2.15. The molecule has 0 aliphatic heterocycles. The van der Waals surface area contributed by atoms with E-state index in [1.165, 1.54) is 33.3 Å². The number of aryl methyl sites for hydroxylation is 2. The number of methoxy groups -OCH3 is 2. The minimum Gasteiger partial charge on any atom is -0.493 e. The highest BCUT2D eigenvalue weighted by Gasteiger charge is 2.22. The zero-order valence-corrected chi connectivity index (χ0v) is 16.1. The lowest BCUT2D eigenvalue weighted by Crippen LogP contribution is -2.24. The third-order valence-electron chi connectivity index (χ3n) is 4.11. The first-order valence-corrected chi connectivity index (χ1v) is 8.40. The molecule has 0 fully saturated rings. The number of carbonyl (C=O) groups excluding carboxylic acids is 2. The summed E-state index contributed by atoms with van der Waals surface area (Å²) in [4.78, 5) is 24.9. The molecule has 0 saturated heterocycles. The Labute approximate surface area is 157 Å². The average molecular weight is 377 g/mol. The van der Waals surface area contributed by atoms with Gasteiger partial charge in [0.25, 0.3) is 0 Å². The van der Waals surface area contributed by atoms with Crippen LogP contribution in [0.1, 0.15) is 38.8 Å². The molecule has 138 valence electrons. The lowest BCUT2D eigenvalue weighted by atomic mass is 10.0. The van der Waals surface area contributed by atoms with Crippen LogP contribution in [0.5, 0.6) is 11.5 Å². The fourth-order valence-electron chi connectivity index (χ4n) is 2.45. The van der Waals surface area contributed by atoms with Crippen molar-refractivity contribution in [1.82, 2.24) is 0 Å². The van der Waals surface area contributed by atoms with E-state index in [-0.39, 0.29) is 16.4 Å². The van der Waals surface area contributed by atoms with Crippen molar-refractivity contribution in [3.63, 3.8) is 0 Å². The van der Waals surface area contributed by atoms with Gasteiger partial charge in [-0.3, -0.25) is 4.79 Å². The Balaban J connectivity index is 2.19. The predicted molar refractivity (Wildman–Crippen MR) is 99.7 cm³/mol. The van der Waals surface area contributed by atoms with Crippen molar-refractivity contribution in [2.24, 2.45) is 0 Å². The van der Waals surface area contributed by atoms with Gasteiger partial charge in [0, 0.05) is 5.56 Å². The van der Waals surface area contributed by atoms with E-state index in [0.717, 1.165) is 11.1 Å². The van der Waals surface area contributed by atoms with Crippen LogP contribution in [0.15, 0.2) is 30.3 Å². The lowest BCUT2D eigenvalue weighted by molar-refractivity contribution is 0.0318. The first-order valence-electron chi connectivity index (χ1n) is 8.02. The Morgan fingerprint density at radius 1 is 0.962 bits per heavy atom. The summed E-state index contributed by atoms with van der Waals surface area (Å²) in [5.41, 5.74) is 2.76. The van der Waals surface area contributed by atoms with Crippen molar-refractivity contribution in [3.05, 3.63) is 57.6 Å². The molecule has 6 heteroatoms. The molecule has 0 aromatic heterocycles. The van der Waals surface area contributed by atoms with E-state index < -0.39 is 12.1 Å². The van der Waals surface area contributed by atoms with Crippen LogP contribution in [-0.4, -0.2) is 32.1 Å². The van der Waals surface area contributed by atoms with E-state index in [1.807, 2.05) is 19.9 Å². The number of rotatable bonds is 6. The number of halogens is 1. The quantitative estimate of drug-likeness (QED) is 0.552. The molecule has 0 spiro atoms. The van der Waals surface area contributed by atoms with Gasteiger partial charge in [0.05, 0.1) is 24.8 Å². The topological polar surface area (TPSA) is 61.8 Å². The molecule has 1 unspecified atom stereocenters. The molecule has 5 nitrogen and oxygen atoms in total. The average Bonchev–Trinajstić information content (AvgIpc) is 2.62. The molecule has 0 N–H and O–H groups in total. The van der Waals surface area contributed by atoms with Gasteiger partial charge in [-0.1, -0.05) is 23.7 Å². The van der Waals surface area contributed by atoms with Crippen LogP contribution in [0.4, 0.5) is 0 Å². The first kappa shape index (κ1) is 19.8. The van der Waals surface area contributed by atoms with Crippen molar-refractivity contribution in [3.8, 4) is 11.5 Å². The van der Waals surface area contributed by atoms with E-state index in [0.29, 0.717) is 17.1 Å². The fourth-order valence-corrected chi connectivity index (χ4v) is 2.74. The van der Waals surface area contributed by atoms with Crippen molar-refractivity contribution in [2.75, 3.05) is 14.2 Å². The molecule has 2 rings (SSSR count). The predicted octanol–water partition coefficient (Wildman–Crippen LogP) is 4.40. The highest BCUT2D eigenvalue weighted by atomic mass is 35.5. The normalized spacial score (nSPS) is 11.6. The van der Waals surface area contributed by atoms with Crippen molar-refractivity contribution in [2.45, 2.75) is 26.9 Å². The van der Waals surface area contributed by atoms with Gasteiger partial charge in [-0.05, 0) is 50.1 Å². The number of carbonyl (C=O) groups is 2. The molecule has 26 heavy (non-hydrogen) atoms. The Morgan fingerprint density at radius 2 is 1.65 bits per heavy atom. The Hall–Kier alpha value is -2.53. The summed E-state index contributed by atoms with van der Waals surface area (Å²) in [6, 6.07) is 8.25. The van der Waals surface area contributed by atoms with Crippen LogP contribution in [0.25, 0.3) is 0 Å². The molecule has 0 amide bonds. The molecule has 0 heterocycles. The monoisotopic (exact) mass is 376 g/mol. The Morgan fingerprint density at radius 3 is 2.23 bits per heavy atom. The summed E-state index contributed by atoms with van der Waals surface area (Å²) in [5, 5.41) is 0.215. The molecule has 2 aromatic carbocycles. The van der Waals surface area contributed by atoms with Gasteiger partial charge in [0.1, 0.15) is 0 Å². The maximum atomic E-state index is 12.5. The third kappa shape index (κ3) is 4.17. The van der Waals surface area contributed by atoms with Gasteiger partial charge in [-0.15, -0.1) is 0 Å². The highest BCUT2D eigenvalue weighted by Crippen LogP contribution is 2.36. The second-order valence-electron chi connectivity index (χ2n) is 5.90. The molecule has 0 aliphatic carbocycles. The summed E-state index contributed by atoms with van der Waals surface area (Å²) in [6.45, 7) is 5.43. The van der Waals surface area contributed by atoms with E-state index in [9.17, 15) is 9.59 Å². The number of hydrogen-bond donors (Lipinski definition) is 0. The van der Waals surface area contributed by atoms with Gasteiger partial charge >= 0.3 is 5.97 Å². The number of ketones is 1. The Bertz CT molecular complexity index is 844. The van der Waals surface area contributed by atoms with Gasteiger partial charge < -0.3 is 14.2 Å². The molecule has 0 aliphatic rings.